The lowest BCUT2D eigenvalue weighted by Gasteiger charge is -2.18. The van der Waals surface area contributed by atoms with Crippen LogP contribution >= 0.6 is 0 Å². The van der Waals surface area contributed by atoms with Gasteiger partial charge in [-0.1, -0.05) is 18.2 Å². The smallest absolute Gasteiger partial charge is 0.240 e. The predicted molar refractivity (Wildman–Crippen MR) is 120 cm³/mol. The summed E-state index contributed by atoms with van der Waals surface area (Å²) < 4.78 is 33.9. The maximum atomic E-state index is 12.7. The van der Waals surface area contributed by atoms with Crippen molar-refractivity contribution in [1.82, 2.24) is 9.71 Å². The number of amides is 1. The molecule has 4 rings (SSSR count). The number of nitrogens with zero attached hydrogens (tertiary/aromatic N) is 2. The van der Waals surface area contributed by atoms with Crippen molar-refractivity contribution in [2.45, 2.75) is 31.1 Å². The molecule has 1 fully saturated rings. The summed E-state index contributed by atoms with van der Waals surface area (Å²) in [5.41, 5.74) is 2.15. The Morgan fingerprint density at radius 1 is 1.16 bits per heavy atom. The first-order chi connectivity index (χ1) is 15.0. The summed E-state index contributed by atoms with van der Waals surface area (Å²) in [6.45, 7) is 3.05. The van der Waals surface area contributed by atoms with Gasteiger partial charge in [-0.05, 0) is 55.7 Å². The first-order valence-electron chi connectivity index (χ1n) is 10.3. The molecule has 1 aliphatic heterocycles. The molecule has 31 heavy (non-hydrogen) atoms. The molecule has 1 aliphatic rings. The van der Waals surface area contributed by atoms with Crippen molar-refractivity contribution in [2.75, 3.05) is 24.6 Å². The number of carbonyl (C=O) groups is 1. The van der Waals surface area contributed by atoms with E-state index >= 15 is 0 Å². The minimum Gasteiger partial charge on any atom is -0.491 e. The average molecular weight is 440 g/mol. The van der Waals surface area contributed by atoms with Gasteiger partial charge in [0.2, 0.25) is 15.9 Å². The molecule has 0 saturated carbocycles. The first kappa shape index (κ1) is 21.3. The van der Waals surface area contributed by atoms with Gasteiger partial charge in [-0.15, -0.1) is 0 Å². The minimum atomic E-state index is -3.65. The van der Waals surface area contributed by atoms with Crippen LogP contribution in [-0.4, -0.2) is 39.0 Å². The quantitative estimate of drug-likeness (QED) is 0.544. The summed E-state index contributed by atoms with van der Waals surface area (Å²) in [7, 11) is -3.65. The first-order valence-corrected chi connectivity index (χ1v) is 11.8. The maximum Gasteiger partial charge on any atom is 0.240 e. The van der Waals surface area contributed by atoms with E-state index in [2.05, 4.69) is 9.71 Å². The fraction of sp³-hybridized carbons (Fsp3) is 0.304. The monoisotopic (exact) mass is 439 g/mol. The second-order valence-electron chi connectivity index (χ2n) is 7.53. The van der Waals surface area contributed by atoms with E-state index in [0.717, 1.165) is 23.0 Å². The number of sulfonamides is 1. The van der Waals surface area contributed by atoms with Crippen LogP contribution in [0.15, 0.2) is 59.6 Å². The van der Waals surface area contributed by atoms with E-state index in [0.29, 0.717) is 37.3 Å². The number of aromatic nitrogens is 1. The highest BCUT2D eigenvalue weighted by Gasteiger charge is 2.23. The van der Waals surface area contributed by atoms with Crippen LogP contribution in [0.25, 0.3) is 10.9 Å². The second kappa shape index (κ2) is 9.03. The molecule has 1 N–H and O–H groups in total. The molecular weight excluding hydrogens is 414 g/mol. The van der Waals surface area contributed by atoms with Gasteiger partial charge in [0, 0.05) is 36.8 Å². The van der Waals surface area contributed by atoms with Gasteiger partial charge < -0.3 is 9.64 Å². The van der Waals surface area contributed by atoms with Crippen molar-refractivity contribution in [2.24, 2.45) is 0 Å². The van der Waals surface area contributed by atoms with Gasteiger partial charge in [-0.25, -0.2) is 13.1 Å². The molecule has 2 heterocycles. The highest BCUT2D eigenvalue weighted by Crippen LogP contribution is 2.26. The van der Waals surface area contributed by atoms with E-state index in [1.165, 1.54) is 0 Å². The molecular formula is C23H25N3O4S. The summed E-state index contributed by atoms with van der Waals surface area (Å²) in [5, 5.41) is 0.996. The van der Waals surface area contributed by atoms with Gasteiger partial charge in [0.25, 0.3) is 0 Å². The van der Waals surface area contributed by atoms with Crippen molar-refractivity contribution >= 4 is 32.5 Å². The molecule has 1 saturated heterocycles. The third-order valence-corrected chi connectivity index (χ3v) is 6.92. The predicted octanol–water partition coefficient (Wildman–Crippen LogP) is 3.42. The SMILES string of the molecule is Cc1cc(N2CCCC2=O)ccc1S(=O)(=O)NCCCOc1cccc2cccnc12. The van der Waals surface area contributed by atoms with Gasteiger partial charge in [-0.3, -0.25) is 9.78 Å². The Hall–Kier alpha value is -2.97. The van der Waals surface area contributed by atoms with E-state index in [-0.39, 0.29) is 17.3 Å². The Balaban J connectivity index is 1.33. The van der Waals surface area contributed by atoms with Crippen LogP contribution in [0.5, 0.6) is 5.75 Å². The van der Waals surface area contributed by atoms with Crippen LogP contribution in [-0.2, 0) is 14.8 Å². The Morgan fingerprint density at radius 2 is 2.00 bits per heavy atom. The summed E-state index contributed by atoms with van der Waals surface area (Å²) in [4.78, 5) is 18.2. The second-order valence-corrected chi connectivity index (χ2v) is 9.27. The van der Waals surface area contributed by atoms with Gasteiger partial charge in [-0.2, -0.15) is 0 Å². The summed E-state index contributed by atoms with van der Waals surface area (Å²) in [6, 6.07) is 14.6. The van der Waals surface area contributed by atoms with Crippen molar-refractivity contribution in [3.8, 4) is 5.75 Å². The summed E-state index contributed by atoms with van der Waals surface area (Å²) in [5.74, 6) is 0.762. The fourth-order valence-corrected chi connectivity index (χ4v) is 5.05. The van der Waals surface area contributed by atoms with Crippen LogP contribution in [0.1, 0.15) is 24.8 Å². The number of fused-ring (bicyclic) bond motifs is 1. The molecule has 1 amide bonds. The number of carbonyl (C=O) groups excluding carboxylic acids is 1. The number of nitrogens with one attached hydrogen (secondary N) is 1. The van der Waals surface area contributed by atoms with E-state index in [9.17, 15) is 13.2 Å². The normalized spacial score (nSPS) is 14.4. The van der Waals surface area contributed by atoms with E-state index in [4.69, 9.17) is 4.74 Å². The number of hydrogen-bond acceptors (Lipinski definition) is 5. The molecule has 2 aromatic carbocycles. The molecule has 0 spiro atoms. The zero-order valence-electron chi connectivity index (χ0n) is 17.4. The number of benzene rings is 2. The Bertz CT molecular complexity index is 1210. The van der Waals surface area contributed by atoms with Crippen LogP contribution < -0.4 is 14.4 Å². The van der Waals surface area contributed by atoms with Crippen LogP contribution in [0, 0.1) is 6.92 Å². The number of rotatable bonds is 8. The molecule has 1 aromatic heterocycles. The molecule has 0 radical (unpaired) electrons. The molecule has 0 atom stereocenters. The highest BCUT2D eigenvalue weighted by atomic mass is 32.2. The lowest BCUT2D eigenvalue weighted by atomic mass is 10.2. The molecule has 0 aliphatic carbocycles. The van der Waals surface area contributed by atoms with Crippen molar-refractivity contribution in [3.63, 3.8) is 0 Å². The van der Waals surface area contributed by atoms with Gasteiger partial charge in [0.15, 0.2) is 0 Å². The Kier molecular flexibility index (Phi) is 6.20. The highest BCUT2D eigenvalue weighted by molar-refractivity contribution is 7.89. The molecule has 8 heteroatoms. The fourth-order valence-electron chi connectivity index (χ4n) is 3.76. The minimum absolute atomic E-state index is 0.0783. The van der Waals surface area contributed by atoms with Gasteiger partial charge in [0.1, 0.15) is 11.3 Å². The van der Waals surface area contributed by atoms with E-state index in [1.807, 2.05) is 30.3 Å². The molecule has 0 bridgehead atoms. The van der Waals surface area contributed by atoms with Gasteiger partial charge >= 0.3 is 0 Å². The number of pyridine rings is 1. The largest absolute Gasteiger partial charge is 0.491 e. The van der Waals surface area contributed by atoms with Crippen molar-refractivity contribution in [3.05, 3.63) is 60.3 Å². The number of ether oxygens (including phenoxy) is 1. The molecule has 7 nitrogen and oxygen atoms in total. The average Bonchev–Trinajstić information content (AvgIpc) is 3.19. The molecule has 162 valence electrons. The zero-order valence-corrected chi connectivity index (χ0v) is 18.2. The zero-order chi connectivity index (χ0) is 21.8. The topological polar surface area (TPSA) is 88.6 Å². The van der Waals surface area contributed by atoms with E-state index in [1.54, 1.807) is 36.2 Å². The number of aryl methyl sites for hydroxylation is 1. The summed E-state index contributed by atoms with van der Waals surface area (Å²) in [6.07, 6.45) is 3.60. The van der Waals surface area contributed by atoms with Gasteiger partial charge in [0.05, 0.1) is 11.5 Å². The number of anilines is 1. The van der Waals surface area contributed by atoms with E-state index < -0.39 is 10.0 Å². The third kappa shape index (κ3) is 4.70. The maximum absolute atomic E-state index is 12.7. The van der Waals surface area contributed by atoms with Crippen LogP contribution in [0.2, 0.25) is 0 Å². The summed E-state index contributed by atoms with van der Waals surface area (Å²) >= 11 is 0. The molecule has 0 unspecified atom stereocenters. The number of hydrogen-bond donors (Lipinski definition) is 1. The third-order valence-electron chi connectivity index (χ3n) is 5.30. The standard InChI is InChI=1S/C23H25N3O4S/c1-17-16-19(26-14-4-9-22(26)27)10-11-21(17)31(28,29)25-13-5-15-30-20-8-2-6-18-7-3-12-24-23(18)20/h2-3,6-8,10-12,16,25H,4-5,9,13-15H2,1H3. The van der Waals surface area contributed by atoms with Crippen LogP contribution in [0.3, 0.4) is 0 Å². The Labute approximate surface area is 182 Å². The van der Waals surface area contributed by atoms with Crippen molar-refractivity contribution < 1.29 is 17.9 Å². The van der Waals surface area contributed by atoms with Crippen LogP contribution in [0.4, 0.5) is 5.69 Å². The van der Waals surface area contributed by atoms with Crippen molar-refractivity contribution in [1.29, 1.82) is 0 Å². The lowest BCUT2D eigenvalue weighted by molar-refractivity contribution is -0.117. The lowest BCUT2D eigenvalue weighted by Crippen LogP contribution is -2.27. The number of para-hydroxylation sites is 1. The Morgan fingerprint density at radius 3 is 2.77 bits per heavy atom. The molecule has 3 aromatic rings.